The first kappa shape index (κ1) is 15.0. The highest BCUT2D eigenvalue weighted by Crippen LogP contribution is 2.14. The monoisotopic (exact) mass is 262 g/mol. The van der Waals surface area contributed by atoms with E-state index >= 15 is 0 Å². The molecule has 19 heavy (non-hydrogen) atoms. The minimum atomic E-state index is -0.224. The third-order valence-corrected chi connectivity index (χ3v) is 2.67. The first-order chi connectivity index (χ1) is 9.17. The minimum Gasteiger partial charge on any atom is -0.494 e. The lowest BCUT2D eigenvalue weighted by Crippen LogP contribution is -2.15. The van der Waals surface area contributed by atoms with E-state index in [1.54, 1.807) is 6.08 Å². The molecule has 0 heterocycles. The quantitative estimate of drug-likeness (QED) is 0.430. The van der Waals surface area contributed by atoms with Crippen LogP contribution < -0.4 is 4.74 Å². The molecule has 0 N–H and O–H groups in total. The zero-order valence-corrected chi connectivity index (χ0v) is 11.2. The van der Waals surface area contributed by atoms with Gasteiger partial charge >= 0.3 is 5.97 Å². The number of allylic oxidation sites excluding steroid dienone is 1. The highest BCUT2D eigenvalue weighted by molar-refractivity contribution is 5.73. The molecule has 1 aromatic carbocycles. The zero-order valence-electron chi connectivity index (χ0n) is 11.2. The molecule has 0 unspecified atom stereocenters. The summed E-state index contributed by atoms with van der Waals surface area (Å²) in [6, 6.07) is 7.37. The van der Waals surface area contributed by atoms with Crippen LogP contribution in [0.15, 0.2) is 30.3 Å². The van der Waals surface area contributed by atoms with Gasteiger partial charge in [0.05, 0.1) is 19.6 Å². The molecule has 0 aliphatic carbocycles. The average Bonchev–Trinajstić information content (AvgIpc) is 2.45. The van der Waals surface area contributed by atoms with Gasteiger partial charge in [-0.1, -0.05) is 25.1 Å². The van der Waals surface area contributed by atoms with E-state index in [-0.39, 0.29) is 11.9 Å². The van der Waals surface area contributed by atoms with E-state index in [4.69, 9.17) is 4.74 Å². The smallest absolute Gasteiger partial charge is 0.308 e. The van der Waals surface area contributed by atoms with Crippen molar-refractivity contribution in [2.75, 3.05) is 13.7 Å². The van der Waals surface area contributed by atoms with E-state index < -0.39 is 0 Å². The van der Waals surface area contributed by atoms with Crippen molar-refractivity contribution in [3.8, 4) is 5.75 Å². The van der Waals surface area contributed by atoms with Gasteiger partial charge in [-0.25, -0.2) is 0 Å². The second-order valence-corrected chi connectivity index (χ2v) is 4.13. The van der Waals surface area contributed by atoms with Gasteiger partial charge in [-0.3, -0.25) is 9.59 Å². The highest BCUT2D eigenvalue weighted by atomic mass is 16.5. The molecule has 1 rings (SSSR count). The number of carbonyl (C=O) groups excluding carboxylic acids is 2. The van der Waals surface area contributed by atoms with Crippen LogP contribution in [0.2, 0.25) is 0 Å². The second kappa shape index (κ2) is 8.08. The predicted molar refractivity (Wildman–Crippen MR) is 72.8 cm³/mol. The summed E-state index contributed by atoms with van der Waals surface area (Å²) >= 11 is 0. The largest absolute Gasteiger partial charge is 0.494 e. The zero-order chi connectivity index (χ0) is 14.1. The summed E-state index contributed by atoms with van der Waals surface area (Å²) in [4.78, 5) is 21.4. The fourth-order valence-electron chi connectivity index (χ4n) is 1.50. The van der Waals surface area contributed by atoms with Crippen LogP contribution in [0.5, 0.6) is 5.75 Å². The SMILES string of the molecule is COC(=O)[C@H](C)CCOc1ccc(/C=C/C=O)cc1. The Hall–Kier alpha value is -2.10. The first-order valence-corrected chi connectivity index (χ1v) is 6.10. The summed E-state index contributed by atoms with van der Waals surface area (Å²) in [5, 5.41) is 0. The minimum absolute atomic E-state index is 0.167. The van der Waals surface area contributed by atoms with Crippen LogP contribution in [-0.2, 0) is 14.3 Å². The number of ether oxygens (including phenoxy) is 2. The molecule has 102 valence electrons. The van der Waals surface area contributed by atoms with Gasteiger partial charge in [0.25, 0.3) is 0 Å². The van der Waals surface area contributed by atoms with Crippen LogP contribution in [0.3, 0.4) is 0 Å². The summed E-state index contributed by atoms with van der Waals surface area (Å²) < 4.78 is 10.2. The van der Waals surface area contributed by atoms with Gasteiger partial charge in [0, 0.05) is 0 Å². The lowest BCUT2D eigenvalue weighted by atomic mass is 10.1. The average molecular weight is 262 g/mol. The standard InChI is InChI=1S/C15H18O4/c1-12(15(17)18-2)9-11-19-14-7-5-13(6-8-14)4-3-10-16/h3-8,10,12H,9,11H2,1-2H3/b4-3+/t12-/m1/s1. The van der Waals surface area contributed by atoms with Crippen molar-refractivity contribution in [3.63, 3.8) is 0 Å². The lowest BCUT2D eigenvalue weighted by Gasteiger charge is -2.10. The Morgan fingerprint density at radius 3 is 2.58 bits per heavy atom. The normalized spacial score (nSPS) is 12.1. The van der Waals surface area contributed by atoms with E-state index in [1.165, 1.54) is 13.2 Å². The summed E-state index contributed by atoms with van der Waals surface area (Å²) in [6.45, 7) is 2.27. The third kappa shape index (κ3) is 5.38. The molecular formula is C15H18O4. The number of methoxy groups -OCH3 is 1. The summed E-state index contributed by atoms with van der Waals surface area (Å²) in [5.74, 6) is 0.345. The van der Waals surface area contributed by atoms with Gasteiger partial charge in [0.2, 0.25) is 0 Å². The molecule has 0 spiro atoms. The van der Waals surface area contributed by atoms with Gasteiger partial charge in [0.15, 0.2) is 0 Å². The van der Waals surface area contributed by atoms with Crippen LogP contribution in [0.4, 0.5) is 0 Å². The summed E-state index contributed by atoms with van der Waals surface area (Å²) in [5.41, 5.74) is 0.933. The van der Waals surface area contributed by atoms with E-state index in [9.17, 15) is 9.59 Å². The number of aldehydes is 1. The highest BCUT2D eigenvalue weighted by Gasteiger charge is 2.12. The maximum absolute atomic E-state index is 11.2. The van der Waals surface area contributed by atoms with Gasteiger partial charge in [-0.05, 0) is 30.2 Å². The summed E-state index contributed by atoms with van der Waals surface area (Å²) in [7, 11) is 1.38. The Balaban J connectivity index is 2.39. The first-order valence-electron chi connectivity index (χ1n) is 6.10. The molecule has 0 saturated heterocycles. The van der Waals surface area contributed by atoms with Crippen molar-refractivity contribution in [3.05, 3.63) is 35.9 Å². The van der Waals surface area contributed by atoms with Crippen LogP contribution in [-0.4, -0.2) is 26.0 Å². The van der Waals surface area contributed by atoms with Crippen molar-refractivity contribution < 1.29 is 19.1 Å². The molecule has 0 radical (unpaired) electrons. The van der Waals surface area contributed by atoms with Crippen LogP contribution in [0.25, 0.3) is 6.08 Å². The van der Waals surface area contributed by atoms with E-state index in [1.807, 2.05) is 31.2 Å². The van der Waals surface area contributed by atoms with E-state index in [0.29, 0.717) is 13.0 Å². The Morgan fingerprint density at radius 2 is 2.00 bits per heavy atom. The van der Waals surface area contributed by atoms with Crippen molar-refractivity contribution in [1.82, 2.24) is 0 Å². The number of rotatable bonds is 7. The Morgan fingerprint density at radius 1 is 1.32 bits per heavy atom. The number of benzene rings is 1. The Kier molecular flexibility index (Phi) is 6.36. The van der Waals surface area contributed by atoms with Crippen molar-refractivity contribution in [2.45, 2.75) is 13.3 Å². The molecule has 0 aromatic heterocycles. The Bertz CT molecular complexity index is 434. The van der Waals surface area contributed by atoms with Crippen LogP contribution in [0.1, 0.15) is 18.9 Å². The van der Waals surface area contributed by atoms with Gasteiger partial charge in [-0.15, -0.1) is 0 Å². The third-order valence-electron chi connectivity index (χ3n) is 2.67. The molecule has 4 heteroatoms. The maximum Gasteiger partial charge on any atom is 0.308 e. The van der Waals surface area contributed by atoms with E-state index in [2.05, 4.69) is 4.74 Å². The molecule has 1 atom stereocenters. The molecule has 0 bridgehead atoms. The second-order valence-electron chi connectivity index (χ2n) is 4.13. The summed E-state index contributed by atoms with van der Waals surface area (Å²) in [6.07, 6.45) is 4.50. The number of hydrogen-bond acceptors (Lipinski definition) is 4. The number of carbonyl (C=O) groups is 2. The van der Waals surface area contributed by atoms with Crippen molar-refractivity contribution >= 4 is 18.3 Å². The lowest BCUT2D eigenvalue weighted by molar-refractivity contribution is -0.145. The fourth-order valence-corrected chi connectivity index (χ4v) is 1.50. The number of hydrogen-bond donors (Lipinski definition) is 0. The van der Waals surface area contributed by atoms with Crippen LogP contribution in [0, 0.1) is 5.92 Å². The topological polar surface area (TPSA) is 52.6 Å². The van der Waals surface area contributed by atoms with Gasteiger partial charge in [-0.2, -0.15) is 0 Å². The molecule has 0 saturated carbocycles. The fraction of sp³-hybridized carbons (Fsp3) is 0.333. The molecule has 0 aliphatic heterocycles. The predicted octanol–water partition coefficient (Wildman–Crippen LogP) is 2.48. The van der Waals surface area contributed by atoms with Gasteiger partial charge < -0.3 is 9.47 Å². The molecule has 1 aromatic rings. The van der Waals surface area contributed by atoms with E-state index in [0.717, 1.165) is 17.6 Å². The maximum atomic E-state index is 11.2. The van der Waals surface area contributed by atoms with Crippen molar-refractivity contribution in [1.29, 1.82) is 0 Å². The Labute approximate surface area is 113 Å². The van der Waals surface area contributed by atoms with Crippen molar-refractivity contribution in [2.24, 2.45) is 5.92 Å². The molecule has 0 aliphatic rings. The number of esters is 1. The van der Waals surface area contributed by atoms with Gasteiger partial charge in [0.1, 0.15) is 12.0 Å². The molecular weight excluding hydrogens is 244 g/mol. The molecule has 0 amide bonds. The molecule has 4 nitrogen and oxygen atoms in total. The van der Waals surface area contributed by atoms with Crippen LogP contribution >= 0.6 is 0 Å². The molecule has 0 fully saturated rings.